The van der Waals surface area contributed by atoms with Crippen LogP contribution in [0.2, 0.25) is 0 Å². The molecule has 0 aliphatic heterocycles. The van der Waals surface area contributed by atoms with Crippen LogP contribution in [0.4, 0.5) is 0 Å². The Kier molecular flexibility index (Phi) is 3.14. The molecular formula is C12H17NO3S. The molecule has 0 heterocycles. The summed E-state index contributed by atoms with van der Waals surface area (Å²) in [5.41, 5.74) is 1.68. The van der Waals surface area contributed by atoms with E-state index in [1.807, 2.05) is 19.9 Å². The molecule has 0 unspecified atom stereocenters. The zero-order valence-corrected chi connectivity index (χ0v) is 10.9. The molecule has 1 aromatic rings. The summed E-state index contributed by atoms with van der Waals surface area (Å²) >= 11 is 0. The molecule has 0 saturated heterocycles. The van der Waals surface area contributed by atoms with Gasteiger partial charge in [-0.15, -0.1) is 0 Å². The average Bonchev–Trinajstić information content (AvgIpc) is 2.97. The van der Waals surface area contributed by atoms with Crippen molar-refractivity contribution in [1.82, 2.24) is 0 Å². The molecule has 94 valence electrons. The van der Waals surface area contributed by atoms with Crippen LogP contribution in [0.15, 0.2) is 17.0 Å². The van der Waals surface area contributed by atoms with Crippen molar-refractivity contribution >= 4 is 10.0 Å². The van der Waals surface area contributed by atoms with E-state index >= 15 is 0 Å². The second kappa shape index (κ2) is 4.31. The molecule has 2 N–H and O–H groups in total. The molecule has 17 heavy (non-hydrogen) atoms. The number of primary sulfonamides is 1. The van der Waals surface area contributed by atoms with Crippen LogP contribution in [-0.4, -0.2) is 15.0 Å². The van der Waals surface area contributed by atoms with E-state index in [1.54, 1.807) is 6.07 Å². The quantitative estimate of drug-likeness (QED) is 0.891. The molecule has 4 nitrogen and oxygen atoms in total. The Bertz CT molecular complexity index is 533. The second-order valence-corrected chi connectivity index (χ2v) is 6.24. The summed E-state index contributed by atoms with van der Waals surface area (Å²) in [5.74, 6) is 0.981. The van der Waals surface area contributed by atoms with Crippen LogP contribution in [0.1, 0.15) is 24.0 Å². The van der Waals surface area contributed by atoms with Gasteiger partial charge in [-0.3, -0.25) is 0 Å². The molecule has 0 atom stereocenters. The number of nitrogens with two attached hydrogens (primary N) is 1. The first-order valence-corrected chi connectivity index (χ1v) is 7.19. The van der Waals surface area contributed by atoms with Gasteiger partial charge in [0.05, 0.1) is 6.61 Å². The predicted molar refractivity (Wildman–Crippen MR) is 65.5 cm³/mol. The Morgan fingerprint density at radius 1 is 1.35 bits per heavy atom. The standard InChI is InChI=1S/C12H17NO3S/c1-8-5-9(2)12(16-7-10-3-4-10)11(6-8)17(13,14)15/h5-6,10H,3-4,7H2,1-2H3,(H2,13,14,15). The third-order valence-corrected chi connectivity index (χ3v) is 3.77. The summed E-state index contributed by atoms with van der Waals surface area (Å²) in [6, 6.07) is 3.46. The number of sulfonamides is 1. The predicted octanol–water partition coefficient (Wildman–Crippen LogP) is 1.74. The van der Waals surface area contributed by atoms with Crippen molar-refractivity contribution in [1.29, 1.82) is 0 Å². The maximum Gasteiger partial charge on any atom is 0.241 e. The molecule has 0 radical (unpaired) electrons. The number of aryl methyl sites for hydroxylation is 2. The van der Waals surface area contributed by atoms with Crippen molar-refractivity contribution in [2.24, 2.45) is 11.1 Å². The van der Waals surface area contributed by atoms with E-state index in [0.29, 0.717) is 18.3 Å². The highest BCUT2D eigenvalue weighted by Gasteiger charge is 2.24. The van der Waals surface area contributed by atoms with Crippen molar-refractivity contribution < 1.29 is 13.2 Å². The van der Waals surface area contributed by atoms with E-state index in [0.717, 1.165) is 24.0 Å². The maximum atomic E-state index is 11.5. The van der Waals surface area contributed by atoms with Crippen molar-refractivity contribution in [3.63, 3.8) is 0 Å². The van der Waals surface area contributed by atoms with Crippen LogP contribution >= 0.6 is 0 Å². The minimum absolute atomic E-state index is 0.0932. The minimum atomic E-state index is -3.73. The van der Waals surface area contributed by atoms with E-state index in [2.05, 4.69) is 0 Å². The lowest BCUT2D eigenvalue weighted by molar-refractivity contribution is 0.290. The van der Waals surface area contributed by atoms with Crippen LogP contribution in [0, 0.1) is 19.8 Å². The minimum Gasteiger partial charge on any atom is -0.492 e. The van der Waals surface area contributed by atoms with Gasteiger partial charge in [0.25, 0.3) is 0 Å². The van der Waals surface area contributed by atoms with Gasteiger partial charge >= 0.3 is 0 Å². The summed E-state index contributed by atoms with van der Waals surface area (Å²) in [6.07, 6.45) is 2.32. The van der Waals surface area contributed by atoms with Gasteiger partial charge in [-0.2, -0.15) is 0 Å². The molecule has 1 aromatic carbocycles. The summed E-state index contributed by atoms with van der Waals surface area (Å²) < 4.78 is 28.6. The van der Waals surface area contributed by atoms with Gasteiger partial charge in [0.1, 0.15) is 10.6 Å². The van der Waals surface area contributed by atoms with E-state index in [4.69, 9.17) is 9.88 Å². The number of rotatable bonds is 4. The van der Waals surface area contributed by atoms with Gasteiger partial charge in [-0.05, 0) is 49.8 Å². The molecule has 2 rings (SSSR count). The third kappa shape index (κ3) is 2.98. The van der Waals surface area contributed by atoms with Crippen LogP contribution in [0.25, 0.3) is 0 Å². The fraction of sp³-hybridized carbons (Fsp3) is 0.500. The number of ether oxygens (including phenoxy) is 1. The zero-order chi connectivity index (χ0) is 12.6. The first-order valence-electron chi connectivity index (χ1n) is 5.65. The average molecular weight is 255 g/mol. The molecule has 0 amide bonds. The third-order valence-electron chi connectivity index (χ3n) is 2.85. The van der Waals surface area contributed by atoms with E-state index in [1.165, 1.54) is 0 Å². The van der Waals surface area contributed by atoms with Gasteiger partial charge < -0.3 is 4.74 Å². The van der Waals surface area contributed by atoms with Crippen LogP contribution in [0.3, 0.4) is 0 Å². The van der Waals surface area contributed by atoms with E-state index in [-0.39, 0.29) is 4.90 Å². The Morgan fingerprint density at radius 3 is 2.53 bits per heavy atom. The van der Waals surface area contributed by atoms with Gasteiger partial charge in [0.2, 0.25) is 10.0 Å². The smallest absolute Gasteiger partial charge is 0.241 e. The lowest BCUT2D eigenvalue weighted by Gasteiger charge is -2.13. The Balaban J connectivity index is 2.39. The Hall–Kier alpha value is -1.07. The Labute approximate surface area is 102 Å². The van der Waals surface area contributed by atoms with Gasteiger partial charge in [-0.25, -0.2) is 13.6 Å². The summed E-state index contributed by atoms with van der Waals surface area (Å²) in [7, 11) is -3.73. The van der Waals surface area contributed by atoms with Crippen molar-refractivity contribution in [3.8, 4) is 5.75 Å². The Morgan fingerprint density at radius 2 is 2.00 bits per heavy atom. The normalized spacial score (nSPS) is 15.9. The monoisotopic (exact) mass is 255 g/mol. The second-order valence-electron chi connectivity index (χ2n) is 4.71. The molecular weight excluding hydrogens is 238 g/mol. The van der Waals surface area contributed by atoms with Crippen LogP contribution < -0.4 is 9.88 Å². The highest BCUT2D eigenvalue weighted by molar-refractivity contribution is 7.89. The molecule has 0 spiro atoms. The first-order chi connectivity index (χ1) is 7.88. The zero-order valence-electron chi connectivity index (χ0n) is 10.1. The number of hydrogen-bond acceptors (Lipinski definition) is 3. The lowest BCUT2D eigenvalue weighted by Crippen LogP contribution is -2.15. The van der Waals surface area contributed by atoms with Gasteiger partial charge in [0, 0.05) is 0 Å². The fourth-order valence-electron chi connectivity index (χ4n) is 1.80. The first kappa shape index (κ1) is 12.4. The summed E-state index contributed by atoms with van der Waals surface area (Å²) in [6.45, 7) is 4.25. The molecule has 1 saturated carbocycles. The van der Waals surface area contributed by atoms with Crippen LogP contribution in [-0.2, 0) is 10.0 Å². The summed E-state index contributed by atoms with van der Waals surface area (Å²) in [4.78, 5) is 0.0932. The van der Waals surface area contributed by atoms with Crippen LogP contribution in [0.5, 0.6) is 5.75 Å². The molecule has 1 fully saturated rings. The maximum absolute atomic E-state index is 11.5. The van der Waals surface area contributed by atoms with Crippen molar-refractivity contribution in [2.75, 3.05) is 6.61 Å². The molecule has 5 heteroatoms. The van der Waals surface area contributed by atoms with Crippen molar-refractivity contribution in [3.05, 3.63) is 23.3 Å². The topological polar surface area (TPSA) is 69.4 Å². The van der Waals surface area contributed by atoms with E-state index in [9.17, 15) is 8.42 Å². The molecule has 0 bridgehead atoms. The summed E-state index contributed by atoms with van der Waals surface area (Å²) in [5, 5.41) is 5.21. The largest absolute Gasteiger partial charge is 0.492 e. The SMILES string of the molecule is Cc1cc(C)c(OCC2CC2)c(S(N)(=O)=O)c1. The number of benzene rings is 1. The molecule has 1 aliphatic carbocycles. The van der Waals surface area contributed by atoms with E-state index < -0.39 is 10.0 Å². The van der Waals surface area contributed by atoms with Gasteiger partial charge in [-0.1, -0.05) is 6.07 Å². The van der Waals surface area contributed by atoms with Crippen molar-refractivity contribution in [2.45, 2.75) is 31.6 Å². The number of hydrogen-bond donors (Lipinski definition) is 1. The highest BCUT2D eigenvalue weighted by Crippen LogP contribution is 2.33. The molecule has 1 aliphatic rings. The fourth-order valence-corrected chi connectivity index (χ4v) is 2.63. The van der Waals surface area contributed by atoms with Gasteiger partial charge in [0.15, 0.2) is 0 Å². The lowest BCUT2D eigenvalue weighted by atomic mass is 10.1. The highest BCUT2D eigenvalue weighted by atomic mass is 32.2. The molecule has 0 aromatic heterocycles.